The van der Waals surface area contributed by atoms with Crippen LogP contribution in [0.15, 0.2) is 23.6 Å². The Hall–Kier alpha value is -1.63. The van der Waals surface area contributed by atoms with Crippen LogP contribution < -0.4 is 14.8 Å². The van der Waals surface area contributed by atoms with Crippen molar-refractivity contribution in [2.24, 2.45) is 5.92 Å². The van der Waals surface area contributed by atoms with Gasteiger partial charge in [-0.2, -0.15) is 0 Å². The molecule has 1 fully saturated rings. The highest BCUT2D eigenvalue weighted by molar-refractivity contribution is 7.13. The van der Waals surface area contributed by atoms with Gasteiger partial charge in [-0.1, -0.05) is 0 Å². The van der Waals surface area contributed by atoms with Crippen LogP contribution in [0.3, 0.4) is 0 Å². The maximum absolute atomic E-state index is 5.47. The van der Waals surface area contributed by atoms with E-state index >= 15 is 0 Å². The Balaban J connectivity index is 1.34. The Morgan fingerprint density at radius 1 is 1.24 bits per heavy atom. The summed E-state index contributed by atoms with van der Waals surface area (Å²) >= 11 is 1.71. The van der Waals surface area contributed by atoms with E-state index in [2.05, 4.69) is 21.7 Å². The van der Waals surface area contributed by atoms with Gasteiger partial charge in [0.15, 0.2) is 11.5 Å². The number of hydrogen-bond donors (Lipinski definition) is 1. The maximum atomic E-state index is 5.47. The first-order valence-electron chi connectivity index (χ1n) is 9.03. The van der Waals surface area contributed by atoms with Crippen molar-refractivity contribution in [3.8, 4) is 22.1 Å². The number of hydrogen-bond acceptors (Lipinski definition) is 6. The minimum Gasteiger partial charge on any atom is -0.454 e. The molecule has 0 radical (unpaired) electrons. The highest BCUT2D eigenvalue weighted by atomic mass is 32.1. The number of likely N-dealkylation sites (tertiary alicyclic amines) is 1. The Labute approximate surface area is 153 Å². The lowest BCUT2D eigenvalue weighted by atomic mass is 9.93. The number of thiazole rings is 1. The topological polar surface area (TPSA) is 46.6 Å². The number of benzene rings is 1. The second-order valence-electron chi connectivity index (χ2n) is 6.82. The van der Waals surface area contributed by atoms with Crippen LogP contribution in [0.2, 0.25) is 0 Å². The molecule has 2 aromatic rings. The first-order valence-corrected chi connectivity index (χ1v) is 9.91. The molecule has 5 nitrogen and oxygen atoms in total. The first-order chi connectivity index (χ1) is 12.3. The Bertz CT molecular complexity index is 710. The quantitative estimate of drug-likeness (QED) is 0.857. The third-order valence-corrected chi connectivity index (χ3v) is 6.01. The largest absolute Gasteiger partial charge is 0.454 e. The molecule has 0 spiro atoms. The molecule has 2 aliphatic rings. The van der Waals surface area contributed by atoms with E-state index in [-0.39, 0.29) is 0 Å². The molecule has 1 aromatic heterocycles. The van der Waals surface area contributed by atoms with E-state index < -0.39 is 0 Å². The van der Waals surface area contributed by atoms with Crippen LogP contribution in [-0.2, 0) is 6.54 Å². The Morgan fingerprint density at radius 2 is 2.08 bits per heavy atom. The molecule has 2 aliphatic heterocycles. The van der Waals surface area contributed by atoms with Gasteiger partial charge >= 0.3 is 0 Å². The van der Waals surface area contributed by atoms with Gasteiger partial charge in [0, 0.05) is 17.5 Å². The maximum Gasteiger partial charge on any atom is 0.231 e. The summed E-state index contributed by atoms with van der Waals surface area (Å²) in [6.07, 6.45) is 3.91. The van der Waals surface area contributed by atoms with Gasteiger partial charge in [-0.05, 0) is 70.1 Å². The molecule has 25 heavy (non-hydrogen) atoms. The van der Waals surface area contributed by atoms with Gasteiger partial charge in [0.2, 0.25) is 6.79 Å². The monoisotopic (exact) mass is 359 g/mol. The van der Waals surface area contributed by atoms with Gasteiger partial charge < -0.3 is 14.8 Å². The molecule has 0 saturated carbocycles. The summed E-state index contributed by atoms with van der Waals surface area (Å²) in [4.78, 5) is 7.38. The zero-order chi connectivity index (χ0) is 17.1. The molecule has 134 valence electrons. The molecule has 0 atom stereocenters. The summed E-state index contributed by atoms with van der Waals surface area (Å²) in [5.41, 5.74) is 2.28. The van der Waals surface area contributed by atoms with Crippen LogP contribution >= 0.6 is 11.3 Å². The van der Waals surface area contributed by atoms with E-state index in [9.17, 15) is 0 Å². The van der Waals surface area contributed by atoms with Gasteiger partial charge in [-0.25, -0.2) is 4.98 Å². The van der Waals surface area contributed by atoms with E-state index in [4.69, 9.17) is 14.5 Å². The van der Waals surface area contributed by atoms with Gasteiger partial charge in [-0.3, -0.25) is 4.90 Å². The molecule has 1 aromatic carbocycles. The van der Waals surface area contributed by atoms with Crippen LogP contribution in [0.5, 0.6) is 11.5 Å². The van der Waals surface area contributed by atoms with Crippen molar-refractivity contribution in [3.63, 3.8) is 0 Å². The number of piperidine rings is 1. The van der Waals surface area contributed by atoms with Crippen molar-refractivity contribution in [2.75, 3.05) is 33.5 Å². The fraction of sp³-hybridized carbons (Fsp3) is 0.526. The van der Waals surface area contributed by atoms with Gasteiger partial charge in [0.05, 0.1) is 5.69 Å². The molecular weight excluding hydrogens is 334 g/mol. The lowest BCUT2D eigenvalue weighted by molar-refractivity contribution is 0.171. The predicted octanol–water partition coefficient (Wildman–Crippen LogP) is 3.36. The molecule has 1 saturated heterocycles. The lowest BCUT2D eigenvalue weighted by Crippen LogP contribution is -2.34. The average molecular weight is 359 g/mol. The SMILES string of the molecule is CNCCC1CCN(Cc2csc(-c3ccc4c(c3)OCO4)n2)CC1. The second kappa shape index (κ2) is 7.72. The van der Waals surface area contributed by atoms with E-state index in [1.54, 1.807) is 11.3 Å². The van der Waals surface area contributed by atoms with Gasteiger partial charge in [0.25, 0.3) is 0 Å². The third kappa shape index (κ3) is 3.97. The highest BCUT2D eigenvalue weighted by Crippen LogP contribution is 2.36. The highest BCUT2D eigenvalue weighted by Gasteiger charge is 2.20. The summed E-state index contributed by atoms with van der Waals surface area (Å²) in [5, 5.41) is 6.50. The number of rotatable bonds is 6. The van der Waals surface area contributed by atoms with Crippen LogP contribution in [0, 0.1) is 5.92 Å². The molecule has 3 heterocycles. The zero-order valence-corrected chi connectivity index (χ0v) is 15.5. The van der Waals surface area contributed by atoms with E-state index in [1.807, 2.05) is 19.2 Å². The fourth-order valence-electron chi connectivity index (χ4n) is 3.55. The van der Waals surface area contributed by atoms with E-state index in [0.29, 0.717) is 6.79 Å². The summed E-state index contributed by atoms with van der Waals surface area (Å²) in [7, 11) is 2.04. The molecular formula is C19H25N3O2S. The van der Waals surface area contributed by atoms with Crippen molar-refractivity contribution in [3.05, 3.63) is 29.3 Å². The number of fused-ring (bicyclic) bond motifs is 1. The van der Waals surface area contributed by atoms with Crippen molar-refractivity contribution in [1.82, 2.24) is 15.2 Å². The standard InChI is InChI=1S/C19H25N3O2S/c1-20-7-4-14-5-8-22(9-6-14)11-16-12-25-19(21-16)15-2-3-17-18(10-15)24-13-23-17/h2-3,10,12,14,20H,4-9,11,13H2,1H3. The zero-order valence-electron chi connectivity index (χ0n) is 14.7. The van der Waals surface area contributed by atoms with Crippen molar-refractivity contribution < 1.29 is 9.47 Å². The molecule has 6 heteroatoms. The summed E-state index contributed by atoms with van der Waals surface area (Å²) in [6, 6.07) is 6.05. The second-order valence-corrected chi connectivity index (χ2v) is 7.68. The van der Waals surface area contributed by atoms with Crippen molar-refractivity contribution in [2.45, 2.75) is 25.8 Å². The van der Waals surface area contributed by atoms with Gasteiger partial charge in [-0.15, -0.1) is 11.3 Å². The molecule has 4 rings (SSSR count). The molecule has 0 amide bonds. The number of nitrogens with one attached hydrogen (secondary N) is 1. The lowest BCUT2D eigenvalue weighted by Gasteiger charge is -2.31. The molecule has 1 N–H and O–H groups in total. The van der Waals surface area contributed by atoms with E-state index in [1.165, 1.54) is 38.0 Å². The molecule has 0 bridgehead atoms. The predicted molar refractivity (Wildman–Crippen MR) is 100 cm³/mol. The fourth-order valence-corrected chi connectivity index (χ4v) is 4.36. The Morgan fingerprint density at radius 3 is 2.92 bits per heavy atom. The third-order valence-electron chi connectivity index (χ3n) is 5.07. The molecule has 0 unspecified atom stereocenters. The number of aromatic nitrogens is 1. The average Bonchev–Trinajstić information content (AvgIpc) is 3.29. The minimum absolute atomic E-state index is 0.312. The van der Waals surface area contributed by atoms with Crippen molar-refractivity contribution >= 4 is 11.3 Å². The first kappa shape index (κ1) is 16.8. The summed E-state index contributed by atoms with van der Waals surface area (Å²) < 4.78 is 10.8. The smallest absolute Gasteiger partial charge is 0.231 e. The number of ether oxygens (including phenoxy) is 2. The minimum atomic E-state index is 0.312. The van der Waals surface area contributed by atoms with Crippen LogP contribution in [0.25, 0.3) is 10.6 Å². The summed E-state index contributed by atoms with van der Waals surface area (Å²) in [5.74, 6) is 2.52. The van der Waals surface area contributed by atoms with Crippen molar-refractivity contribution in [1.29, 1.82) is 0 Å². The van der Waals surface area contributed by atoms with Crippen LogP contribution in [0.4, 0.5) is 0 Å². The summed E-state index contributed by atoms with van der Waals surface area (Å²) in [6.45, 7) is 4.78. The van der Waals surface area contributed by atoms with Gasteiger partial charge in [0.1, 0.15) is 5.01 Å². The molecule has 0 aliphatic carbocycles. The normalized spacial score (nSPS) is 18.0. The Kier molecular flexibility index (Phi) is 5.20. The van der Waals surface area contributed by atoms with Crippen LogP contribution in [0.1, 0.15) is 25.0 Å². The van der Waals surface area contributed by atoms with Crippen LogP contribution in [-0.4, -0.2) is 43.4 Å². The van der Waals surface area contributed by atoms with E-state index in [0.717, 1.165) is 41.1 Å². The number of nitrogens with zero attached hydrogens (tertiary/aromatic N) is 2.